The van der Waals surface area contributed by atoms with Crippen molar-refractivity contribution < 1.29 is 4.79 Å². The number of nitrogens with zero attached hydrogens (tertiary/aromatic N) is 3. The summed E-state index contributed by atoms with van der Waals surface area (Å²) in [6.07, 6.45) is 4.56. The summed E-state index contributed by atoms with van der Waals surface area (Å²) < 4.78 is 2.20. The Bertz CT molecular complexity index is 1090. The van der Waals surface area contributed by atoms with Crippen LogP contribution in [0.4, 0.5) is 5.69 Å². The number of benzene rings is 2. The lowest BCUT2D eigenvalue weighted by Gasteiger charge is -2.19. The summed E-state index contributed by atoms with van der Waals surface area (Å²) in [5, 5.41) is 13.1. The van der Waals surface area contributed by atoms with Crippen molar-refractivity contribution in [1.29, 1.82) is 0 Å². The average Bonchev–Trinajstić information content (AvgIpc) is 3.41. The van der Waals surface area contributed by atoms with E-state index in [4.69, 9.17) is 11.6 Å². The standard InChI is InChI=1S/C24H27ClN4OS/c1-15-12-13-16(2)21(14-15)26-23(30)17(3)31-24-28-27-22(19-10-6-7-11-20(19)25)29(24)18-8-4-5-9-18/h6-7,10-14,17-18H,4-5,8-9H2,1-3H3,(H,26,30). The first-order chi connectivity index (χ1) is 14.9. The lowest BCUT2D eigenvalue weighted by Crippen LogP contribution is -2.23. The number of halogens is 1. The molecule has 1 saturated carbocycles. The predicted octanol–water partition coefficient (Wildman–Crippen LogP) is 6.45. The summed E-state index contributed by atoms with van der Waals surface area (Å²) in [5.74, 6) is 0.737. The molecule has 2 aromatic carbocycles. The van der Waals surface area contributed by atoms with Gasteiger partial charge >= 0.3 is 0 Å². The van der Waals surface area contributed by atoms with Gasteiger partial charge in [0.05, 0.1) is 10.3 Å². The summed E-state index contributed by atoms with van der Waals surface area (Å²) in [4.78, 5) is 12.9. The largest absolute Gasteiger partial charge is 0.325 e. The van der Waals surface area contributed by atoms with E-state index in [0.717, 1.165) is 46.2 Å². The molecule has 5 nitrogen and oxygen atoms in total. The molecule has 4 rings (SSSR count). The molecule has 1 aromatic heterocycles. The van der Waals surface area contributed by atoms with Crippen LogP contribution < -0.4 is 5.32 Å². The summed E-state index contributed by atoms with van der Waals surface area (Å²) in [6.45, 7) is 5.93. The number of anilines is 1. The number of amides is 1. The van der Waals surface area contributed by atoms with Crippen LogP contribution >= 0.6 is 23.4 Å². The number of nitrogens with one attached hydrogen (secondary N) is 1. The lowest BCUT2D eigenvalue weighted by molar-refractivity contribution is -0.115. The summed E-state index contributed by atoms with van der Waals surface area (Å²) in [7, 11) is 0. The number of aromatic nitrogens is 3. The summed E-state index contributed by atoms with van der Waals surface area (Å²) in [6, 6.07) is 14.1. The first kappa shape index (κ1) is 21.9. The lowest BCUT2D eigenvalue weighted by atomic mass is 10.1. The molecule has 0 radical (unpaired) electrons. The molecule has 0 saturated heterocycles. The number of rotatable bonds is 6. The second kappa shape index (κ2) is 9.45. The van der Waals surface area contributed by atoms with Crippen molar-refractivity contribution in [2.45, 2.75) is 62.9 Å². The Labute approximate surface area is 192 Å². The zero-order valence-electron chi connectivity index (χ0n) is 18.1. The second-order valence-electron chi connectivity index (χ2n) is 8.16. The molecular weight excluding hydrogens is 428 g/mol. The Hall–Kier alpha value is -2.31. The SMILES string of the molecule is Cc1ccc(C)c(NC(=O)C(C)Sc2nnc(-c3ccccc3Cl)n2C2CCCC2)c1. The molecule has 162 valence electrons. The highest BCUT2D eigenvalue weighted by Crippen LogP contribution is 2.39. The fraction of sp³-hybridized carbons (Fsp3) is 0.375. The molecule has 1 amide bonds. The van der Waals surface area contributed by atoms with Crippen LogP contribution in [0.2, 0.25) is 5.02 Å². The van der Waals surface area contributed by atoms with Crippen molar-refractivity contribution in [3.8, 4) is 11.4 Å². The third kappa shape index (κ3) is 4.80. The van der Waals surface area contributed by atoms with Crippen LogP contribution in [0, 0.1) is 13.8 Å². The van der Waals surface area contributed by atoms with Crippen LogP contribution in [0.1, 0.15) is 49.8 Å². The fourth-order valence-electron chi connectivity index (χ4n) is 3.99. The van der Waals surface area contributed by atoms with E-state index in [0.29, 0.717) is 11.1 Å². The maximum Gasteiger partial charge on any atom is 0.237 e. The maximum atomic E-state index is 12.9. The molecule has 1 unspecified atom stereocenters. The molecule has 0 spiro atoms. The van der Waals surface area contributed by atoms with Gasteiger partial charge < -0.3 is 5.32 Å². The number of carbonyl (C=O) groups excluding carboxylic acids is 1. The fourth-order valence-corrected chi connectivity index (χ4v) is 5.13. The molecule has 1 fully saturated rings. The first-order valence-electron chi connectivity index (χ1n) is 10.7. The normalized spacial score (nSPS) is 15.2. The minimum absolute atomic E-state index is 0.0426. The van der Waals surface area contributed by atoms with Crippen molar-refractivity contribution in [1.82, 2.24) is 14.8 Å². The van der Waals surface area contributed by atoms with Gasteiger partial charge in [-0.3, -0.25) is 9.36 Å². The van der Waals surface area contributed by atoms with Crippen LogP contribution in [0.3, 0.4) is 0 Å². The first-order valence-corrected chi connectivity index (χ1v) is 11.9. The molecule has 0 aliphatic heterocycles. The molecule has 1 aliphatic rings. The molecule has 1 atom stereocenters. The van der Waals surface area contributed by atoms with Crippen LogP contribution in [-0.4, -0.2) is 25.9 Å². The van der Waals surface area contributed by atoms with Crippen LogP contribution in [0.5, 0.6) is 0 Å². The average molecular weight is 455 g/mol. The van der Waals surface area contributed by atoms with Crippen molar-refractivity contribution in [3.05, 3.63) is 58.6 Å². The molecule has 1 N–H and O–H groups in total. The van der Waals surface area contributed by atoms with Crippen molar-refractivity contribution >= 4 is 35.0 Å². The minimum atomic E-state index is -0.316. The molecule has 7 heteroatoms. The third-order valence-corrected chi connectivity index (χ3v) is 7.16. The number of aryl methyl sites for hydroxylation is 2. The Morgan fingerprint density at radius 2 is 1.90 bits per heavy atom. The van der Waals surface area contributed by atoms with Gasteiger partial charge in [0.15, 0.2) is 11.0 Å². The predicted molar refractivity (Wildman–Crippen MR) is 128 cm³/mol. The van der Waals surface area contributed by atoms with Crippen molar-refractivity contribution in [2.75, 3.05) is 5.32 Å². The van der Waals surface area contributed by atoms with Crippen LogP contribution in [0.15, 0.2) is 47.6 Å². The van der Waals surface area contributed by atoms with Gasteiger partial charge in [-0.05, 0) is 62.9 Å². The Morgan fingerprint density at radius 3 is 2.65 bits per heavy atom. The van der Waals surface area contributed by atoms with Gasteiger partial charge in [0.1, 0.15) is 0 Å². The highest BCUT2D eigenvalue weighted by atomic mass is 35.5. The van der Waals surface area contributed by atoms with Crippen LogP contribution in [-0.2, 0) is 4.79 Å². The molecule has 31 heavy (non-hydrogen) atoms. The minimum Gasteiger partial charge on any atom is -0.325 e. The van der Waals surface area contributed by atoms with Crippen molar-refractivity contribution in [3.63, 3.8) is 0 Å². The van der Waals surface area contributed by atoms with E-state index < -0.39 is 0 Å². The quantitative estimate of drug-likeness (QED) is 0.435. The summed E-state index contributed by atoms with van der Waals surface area (Å²) in [5.41, 5.74) is 3.90. The topological polar surface area (TPSA) is 59.8 Å². The Morgan fingerprint density at radius 1 is 1.16 bits per heavy atom. The molecule has 1 aliphatic carbocycles. The van der Waals surface area contributed by atoms with Crippen molar-refractivity contribution in [2.24, 2.45) is 0 Å². The number of hydrogen-bond donors (Lipinski definition) is 1. The second-order valence-corrected chi connectivity index (χ2v) is 9.88. The van der Waals surface area contributed by atoms with E-state index in [2.05, 4.69) is 20.1 Å². The molecule has 0 bridgehead atoms. The van der Waals surface area contributed by atoms with Gasteiger partial charge in [-0.1, -0.05) is 60.5 Å². The maximum absolute atomic E-state index is 12.9. The molecule has 3 aromatic rings. The van der Waals surface area contributed by atoms with Gasteiger partial charge in [0, 0.05) is 17.3 Å². The van der Waals surface area contributed by atoms with E-state index in [1.165, 1.54) is 24.6 Å². The Kier molecular flexibility index (Phi) is 6.68. The molecule has 1 heterocycles. The van der Waals surface area contributed by atoms with Gasteiger partial charge in [-0.25, -0.2) is 0 Å². The van der Waals surface area contributed by atoms with Gasteiger partial charge in [-0.15, -0.1) is 10.2 Å². The summed E-state index contributed by atoms with van der Waals surface area (Å²) >= 11 is 7.92. The van der Waals surface area contributed by atoms with E-state index in [1.54, 1.807) is 0 Å². The Balaban J connectivity index is 1.60. The monoisotopic (exact) mass is 454 g/mol. The van der Waals surface area contributed by atoms with Crippen LogP contribution in [0.25, 0.3) is 11.4 Å². The number of carbonyl (C=O) groups is 1. The number of hydrogen-bond acceptors (Lipinski definition) is 4. The zero-order valence-corrected chi connectivity index (χ0v) is 19.6. The van der Waals surface area contributed by atoms with E-state index in [9.17, 15) is 4.79 Å². The van der Waals surface area contributed by atoms with E-state index >= 15 is 0 Å². The van der Waals surface area contributed by atoms with Gasteiger partial charge in [0.25, 0.3) is 0 Å². The highest BCUT2D eigenvalue weighted by Gasteiger charge is 2.28. The van der Waals surface area contributed by atoms with Gasteiger partial charge in [-0.2, -0.15) is 0 Å². The van der Waals surface area contributed by atoms with E-state index in [-0.39, 0.29) is 11.2 Å². The highest BCUT2D eigenvalue weighted by molar-refractivity contribution is 8.00. The number of thioether (sulfide) groups is 1. The zero-order chi connectivity index (χ0) is 22.0. The smallest absolute Gasteiger partial charge is 0.237 e. The van der Waals surface area contributed by atoms with E-state index in [1.807, 2.05) is 63.2 Å². The molecular formula is C24H27ClN4OS. The van der Waals surface area contributed by atoms with Gasteiger partial charge in [0.2, 0.25) is 5.91 Å². The third-order valence-electron chi connectivity index (χ3n) is 5.77.